The number of nitrogens with zero attached hydrogens (tertiary/aromatic N) is 3. The van der Waals surface area contributed by atoms with Crippen molar-refractivity contribution in [3.63, 3.8) is 0 Å². The van der Waals surface area contributed by atoms with Crippen molar-refractivity contribution in [2.24, 2.45) is 0 Å². The molecule has 2 heterocycles. The van der Waals surface area contributed by atoms with Gasteiger partial charge in [-0.1, -0.05) is 59.6 Å². The molecule has 0 saturated heterocycles. The van der Waals surface area contributed by atoms with Gasteiger partial charge in [0.25, 0.3) is 11.8 Å². The Morgan fingerprint density at radius 3 is 1.85 bits per heavy atom. The Morgan fingerprint density at radius 1 is 0.727 bits per heavy atom. The zero-order valence-electron chi connectivity index (χ0n) is 17.7. The van der Waals surface area contributed by atoms with Gasteiger partial charge in [0.1, 0.15) is 0 Å². The van der Waals surface area contributed by atoms with Crippen LogP contribution in [0.4, 0.5) is 11.4 Å². The molecular formula is C25H20Cl2N4O2. The molecule has 166 valence electrons. The van der Waals surface area contributed by atoms with Crippen LogP contribution in [0.25, 0.3) is 0 Å². The molecular weight excluding hydrogens is 459 g/mol. The summed E-state index contributed by atoms with van der Waals surface area (Å²) in [7, 11) is 1.68. The lowest BCUT2D eigenvalue weighted by Gasteiger charge is -2.17. The lowest BCUT2D eigenvalue weighted by molar-refractivity contribution is 0.0991. The summed E-state index contributed by atoms with van der Waals surface area (Å²) >= 11 is 11.8. The highest BCUT2D eigenvalue weighted by Crippen LogP contribution is 2.23. The molecule has 4 rings (SSSR count). The molecule has 0 saturated carbocycles. The molecule has 8 heteroatoms. The molecule has 0 fully saturated rings. The van der Waals surface area contributed by atoms with E-state index in [1.165, 1.54) is 4.90 Å². The molecule has 0 atom stereocenters. The van der Waals surface area contributed by atoms with E-state index in [1.807, 2.05) is 24.3 Å². The number of benzene rings is 2. The molecule has 0 bridgehead atoms. The van der Waals surface area contributed by atoms with Crippen molar-refractivity contribution in [2.75, 3.05) is 17.3 Å². The second kappa shape index (κ2) is 11.8. The van der Waals surface area contributed by atoms with E-state index < -0.39 is 0 Å². The van der Waals surface area contributed by atoms with Crippen LogP contribution in [0.15, 0.2) is 97.3 Å². The maximum atomic E-state index is 12.1. The first kappa shape index (κ1) is 23.9. The number of hydrogen-bond donors (Lipinski definition) is 1. The molecule has 4 aromatic rings. The van der Waals surface area contributed by atoms with Crippen LogP contribution in [0.5, 0.6) is 0 Å². The van der Waals surface area contributed by atoms with Crippen LogP contribution < -0.4 is 10.2 Å². The number of rotatable bonds is 4. The standard InChI is InChI=1S/C13H11ClN2O.C12H9ClN2O/c1-16(11-8-5-9-15-12(11)14)13(17)10-6-3-2-4-7-10;13-11-10(7-4-8-14-11)15-12(16)9-5-2-1-3-6-9/h2-9H,1H3;1-8H,(H,15,16). The Balaban J connectivity index is 0.000000186. The minimum atomic E-state index is -0.199. The molecule has 0 aliphatic heterocycles. The van der Waals surface area contributed by atoms with Crippen molar-refractivity contribution in [1.29, 1.82) is 0 Å². The van der Waals surface area contributed by atoms with Crippen LogP contribution >= 0.6 is 23.2 Å². The Morgan fingerprint density at radius 2 is 1.27 bits per heavy atom. The van der Waals surface area contributed by atoms with Gasteiger partial charge in [0.05, 0.1) is 11.4 Å². The van der Waals surface area contributed by atoms with Gasteiger partial charge in [0.15, 0.2) is 10.3 Å². The average molecular weight is 479 g/mol. The quantitative estimate of drug-likeness (QED) is 0.365. The van der Waals surface area contributed by atoms with Gasteiger partial charge in [-0.2, -0.15) is 0 Å². The maximum Gasteiger partial charge on any atom is 0.258 e. The molecule has 0 spiro atoms. The van der Waals surface area contributed by atoms with Crippen LogP contribution in [-0.4, -0.2) is 28.8 Å². The molecule has 0 radical (unpaired) electrons. The molecule has 2 aromatic carbocycles. The third-order valence-electron chi connectivity index (χ3n) is 4.47. The summed E-state index contributed by atoms with van der Waals surface area (Å²) in [6, 6.07) is 24.9. The smallest absolute Gasteiger partial charge is 0.258 e. The SMILES string of the molecule is CN(C(=O)c1ccccc1)c1cccnc1Cl.O=C(Nc1cccnc1Cl)c1ccccc1. The Hall–Kier alpha value is -3.74. The summed E-state index contributed by atoms with van der Waals surface area (Å²) in [5.41, 5.74) is 2.32. The fourth-order valence-corrected chi connectivity index (χ4v) is 3.19. The minimum Gasteiger partial charge on any atom is -0.319 e. The summed E-state index contributed by atoms with van der Waals surface area (Å²) in [6.07, 6.45) is 3.16. The summed E-state index contributed by atoms with van der Waals surface area (Å²) in [4.78, 5) is 33.2. The summed E-state index contributed by atoms with van der Waals surface area (Å²) in [5, 5.41) is 3.30. The number of aromatic nitrogens is 2. The highest BCUT2D eigenvalue weighted by atomic mass is 35.5. The van der Waals surface area contributed by atoms with Gasteiger partial charge in [0, 0.05) is 30.6 Å². The van der Waals surface area contributed by atoms with Crippen molar-refractivity contribution < 1.29 is 9.59 Å². The van der Waals surface area contributed by atoms with E-state index in [4.69, 9.17) is 23.2 Å². The third-order valence-corrected chi connectivity index (χ3v) is 5.06. The molecule has 6 nitrogen and oxygen atoms in total. The Bertz CT molecular complexity index is 1220. The van der Waals surface area contributed by atoms with E-state index in [0.29, 0.717) is 27.7 Å². The largest absolute Gasteiger partial charge is 0.319 e. The van der Waals surface area contributed by atoms with Gasteiger partial charge >= 0.3 is 0 Å². The highest BCUT2D eigenvalue weighted by molar-refractivity contribution is 6.33. The predicted molar refractivity (Wildman–Crippen MR) is 132 cm³/mol. The predicted octanol–water partition coefficient (Wildman–Crippen LogP) is 6.00. The van der Waals surface area contributed by atoms with Crippen LogP contribution in [0.1, 0.15) is 20.7 Å². The molecule has 2 aromatic heterocycles. The molecule has 33 heavy (non-hydrogen) atoms. The first-order valence-electron chi connectivity index (χ1n) is 9.88. The van der Waals surface area contributed by atoms with E-state index in [-0.39, 0.29) is 17.0 Å². The van der Waals surface area contributed by atoms with Crippen LogP contribution in [0.3, 0.4) is 0 Å². The number of amides is 2. The summed E-state index contributed by atoms with van der Waals surface area (Å²) in [6.45, 7) is 0. The first-order chi connectivity index (χ1) is 16.0. The van der Waals surface area contributed by atoms with Gasteiger partial charge < -0.3 is 10.2 Å². The van der Waals surface area contributed by atoms with E-state index >= 15 is 0 Å². The number of anilines is 2. The molecule has 2 amide bonds. The van der Waals surface area contributed by atoms with E-state index in [9.17, 15) is 9.59 Å². The molecule has 0 unspecified atom stereocenters. The Labute approximate surface area is 201 Å². The zero-order chi connectivity index (χ0) is 23.6. The Kier molecular flexibility index (Phi) is 8.52. The number of nitrogens with one attached hydrogen (secondary N) is 1. The number of hydrogen-bond acceptors (Lipinski definition) is 4. The van der Waals surface area contributed by atoms with Crippen LogP contribution in [0, 0.1) is 0 Å². The van der Waals surface area contributed by atoms with Gasteiger partial charge in [-0.3, -0.25) is 9.59 Å². The lowest BCUT2D eigenvalue weighted by Crippen LogP contribution is -2.26. The number of carbonyl (C=O) groups is 2. The van der Waals surface area contributed by atoms with Crippen LogP contribution in [-0.2, 0) is 0 Å². The first-order valence-corrected chi connectivity index (χ1v) is 10.6. The highest BCUT2D eigenvalue weighted by Gasteiger charge is 2.15. The summed E-state index contributed by atoms with van der Waals surface area (Å²) in [5.74, 6) is -0.309. The van der Waals surface area contributed by atoms with Gasteiger partial charge in [-0.15, -0.1) is 0 Å². The van der Waals surface area contributed by atoms with Crippen molar-refractivity contribution in [1.82, 2.24) is 9.97 Å². The zero-order valence-corrected chi connectivity index (χ0v) is 19.2. The molecule has 0 aliphatic rings. The fourth-order valence-electron chi connectivity index (χ4n) is 2.77. The average Bonchev–Trinajstić information content (AvgIpc) is 2.86. The van der Waals surface area contributed by atoms with Crippen molar-refractivity contribution in [3.05, 3.63) is 119 Å². The minimum absolute atomic E-state index is 0.111. The van der Waals surface area contributed by atoms with Crippen molar-refractivity contribution in [2.45, 2.75) is 0 Å². The second-order valence-electron chi connectivity index (χ2n) is 6.71. The second-order valence-corrected chi connectivity index (χ2v) is 7.42. The molecule has 0 aliphatic carbocycles. The maximum absolute atomic E-state index is 12.1. The normalized spacial score (nSPS) is 9.91. The van der Waals surface area contributed by atoms with Gasteiger partial charge in [-0.25, -0.2) is 9.97 Å². The van der Waals surface area contributed by atoms with Gasteiger partial charge in [0.2, 0.25) is 0 Å². The van der Waals surface area contributed by atoms with E-state index in [0.717, 1.165) is 0 Å². The van der Waals surface area contributed by atoms with Crippen molar-refractivity contribution >= 4 is 46.4 Å². The number of pyridine rings is 2. The van der Waals surface area contributed by atoms with E-state index in [2.05, 4.69) is 15.3 Å². The number of halogens is 2. The topological polar surface area (TPSA) is 75.2 Å². The summed E-state index contributed by atoms with van der Waals surface area (Å²) < 4.78 is 0. The monoisotopic (exact) mass is 478 g/mol. The fraction of sp³-hybridized carbons (Fsp3) is 0.0400. The van der Waals surface area contributed by atoms with Crippen LogP contribution in [0.2, 0.25) is 10.3 Å². The third kappa shape index (κ3) is 6.62. The van der Waals surface area contributed by atoms with E-state index in [1.54, 1.807) is 80.1 Å². The van der Waals surface area contributed by atoms with Gasteiger partial charge in [-0.05, 0) is 48.5 Å². The molecule has 1 N–H and O–H groups in total. The van der Waals surface area contributed by atoms with Crippen molar-refractivity contribution in [3.8, 4) is 0 Å². The number of carbonyl (C=O) groups excluding carboxylic acids is 2. The lowest BCUT2D eigenvalue weighted by atomic mass is 10.2.